The number of carbonyl (C=O) groups is 1. The zero-order chi connectivity index (χ0) is 14.3. The summed E-state index contributed by atoms with van der Waals surface area (Å²) in [7, 11) is -3.93. The number of unbranched alkanes of at least 4 members (excludes halogenated alkanes) is 1. The van der Waals surface area contributed by atoms with Crippen LogP contribution in [0.3, 0.4) is 0 Å². The molecule has 0 fully saturated rings. The standard InChI is InChI=1S/C13H18N2O3S.Pd/c1-3-4-5-10-14-13(16)15-19(17,18)12-8-6-11(2)7-9-12;/h3,6-9H,1,4-5,10H2,2H3,(H2,14,15,16);/p-1. The van der Waals surface area contributed by atoms with Gasteiger partial charge >= 0.3 is 0 Å². The number of nitrogens with one attached hydrogen (secondary N) is 1. The SMILES string of the molecule is C=CCCCNC(=O)[N-]S(=O)(=O)c1ccc(C)cc1.[Pd]. The molecule has 1 aromatic rings. The van der Waals surface area contributed by atoms with Crippen molar-refractivity contribution in [1.29, 1.82) is 0 Å². The van der Waals surface area contributed by atoms with Gasteiger partial charge in [0.25, 0.3) is 0 Å². The Labute approximate surface area is 133 Å². The second-order valence-electron chi connectivity index (χ2n) is 4.04. The molecule has 0 aliphatic rings. The molecule has 0 bridgehead atoms. The fraction of sp³-hybridized carbons (Fsp3) is 0.308. The number of sulfonamides is 1. The Morgan fingerprint density at radius 3 is 2.50 bits per heavy atom. The van der Waals surface area contributed by atoms with E-state index in [4.69, 9.17) is 0 Å². The Balaban J connectivity index is 0.00000361. The predicted molar refractivity (Wildman–Crippen MR) is 74.6 cm³/mol. The molecule has 0 heterocycles. The molecule has 0 unspecified atom stereocenters. The van der Waals surface area contributed by atoms with Crippen LogP contribution in [-0.2, 0) is 30.4 Å². The number of benzene rings is 1. The fourth-order valence-electron chi connectivity index (χ4n) is 1.35. The third kappa shape index (κ3) is 6.33. The first kappa shape index (κ1) is 18.8. The van der Waals surface area contributed by atoms with E-state index in [0.29, 0.717) is 13.0 Å². The Morgan fingerprint density at radius 2 is 1.95 bits per heavy atom. The van der Waals surface area contributed by atoms with Gasteiger partial charge in [0.15, 0.2) is 6.03 Å². The minimum Gasteiger partial charge on any atom is -0.449 e. The van der Waals surface area contributed by atoms with Gasteiger partial charge in [0.05, 0.1) is 4.90 Å². The molecule has 0 aliphatic carbocycles. The molecule has 0 aromatic heterocycles. The van der Waals surface area contributed by atoms with Crippen LogP contribution in [0.25, 0.3) is 4.72 Å². The number of amides is 2. The molecule has 0 spiro atoms. The number of allylic oxidation sites excluding steroid dienone is 1. The van der Waals surface area contributed by atoms with Crippen molar-refractivity contribution in [2.45, 2.75) is 24.7 Å². The average Bonchev–Trinajstić information content (AvgIpc) is 2.34. The first-order valence-corrected chi connectivity index (χ1v) is 7.33. The molecule has 0 aliphatic heterocycles. The van der Waals surface area contributed by atoms with Crippen molar-refractivity contribution in [3.05, 3.63) is 47.2 Å². The minimum atomic E-state index is -3.93. The molecule has 0 radical (unpaired) electrons. The first-order chi connectivity index (χ1) is 8.95. The first-order valence-electron chi connectivity index (χ1n) is 5.89. The zero-order valence-electron chi connectivity index (χ0n) is 11.1. The van der Waals surface area contributed by atoms with E-state index in [1.165, 1.54) is 12.1 Å². The van der Waals surface area contributed by atoms with Gasteiger partial charge in [0.2, 0.25) is 10.0 Å². The van der Waals surface area contributed by atoms with E-state index >= 15 is 0 Å². The number of hydrogen-bond donors (Lipinski definition) is 1. The van der Waals surface area contributed by atoms with Crippen molar-refractivity contribution in [2.24, 2.45) is 0 Å². The minimum absolute atomic E-state index is 0. The van der Waals surface area contributed by atoms with Gasteiger partial charge in [-0.05, 0) is 32.0 Å². The molecule has 114 valence electrons. The Bertz CT molecular complexity index is 541. The molecule has 0 atom stereocenters. The van der Waals surface area contributed by atoms with Crippen LogP contribution in [0.2, 0.25) is 0 Å². The second kappa shape index (κ2) is 8.90. The van der Waals surface area contributed by atoms with E-state index in [1.54, 1.807) is 18.2 Å². The van der Waals surface area contributed by atoms with Gasteiger partial charge in [-0.25, -0.2) is 8.42 Å². The zero-order valence-corrected chi connectivity index (χ0v) is 13.5. The maximum atomic E-state index is 11.8. The largest absolute Gasteiger partial charge is 0.449 e. The summed E-state index contributed by atoms with van der Waals surface area (Å²) in [5.41, 5.74) is 0.938. The van der Waals surface area contributed by atoms with Crippen LogP contribution in [0.4, 0.5) is 4.79 Å². The van der Waals surface area contributed by atoms with Crippen molar-refractivity contribution in [1.82, 2.24) is 5.32 Å². The smallest absolute Gasteiger partial charge is 0.204 e. The van der Waals surface area contributed by atoms with Crippen molar-refractivity contribution in [3.8, 4) is 0 Å². The van der Waals surface area contributed by atoms with E-state index in [1.807, 2.05) is 6.92 Å². The maximum Gasteiger partial charge on any atom is 0.204 e. The van der Waals surface area contributed by atoms with Crippen LogP contribution >= 0.6 is 0 Å². The normalized spacial score (nSPS) is 10.2. The number of rotatable bonds is 6. The van der Waals surface area contributed by atoms with E-state index < -0.39 is 16.1 Å². The molecular weight excluding hydrogens is 371 g/mol. The predicted octanol–water partition coefficient (Wildman–Crippen LogP) is 2.73. The topological polar surface area (TPSA) is 77.3 Å². The Morgan fingerprint density at radius 1 is 1.35 bits per heavy atom. The molecular formula is C13H17N2O3PdS-. The van der Waals surface area contributed by atoms with Gasteiger partial charge in [0.1, 0.15) is 0 Å². The number of urea groups is 1. The molecule has 7 heteroatoms. The molecule has 2 amide bonds. The summed E-state index contributed by atoms with van der Waals surface area (Å²) in [6.07, 6.45) is 3.19. The van der Waals surface area contributed by atoms with Crippen LogP contribution in [0.1, 0.15) is 18.4 Å². The third-order valence-electron chi connectivity index (χ3n) is 2.38. The van der Waals surface area contributed by atoms with E-state index in [-0.39, 0.29) is 25.3 Å². The number of nitrogens with zero attached hydrogens (tertiary/aromatic N) is 1. The van der Waals surface area contributed by atoms with Gasteiger partial charge in [-0.3, -0.25) is 4.79 Å². The summed E-state index contributed by atoms with van der Waals surface area (Å²) in [4.78, 5) is 11.4. The number of carbonyl (C=O) groups excluding carboxylic acids is 1. The van der Waals surface area contributed by atoms with Crippen LogP contribution in [0, 0.1) is 6.92 Å². The van der Waals surface area contributed by atoms with E-state index in [9.17, 15) is 13.2 Å². The summed E-state index contributed by atoms with van der Waals surface area (Å²) in [5.74, 6) is 0. The van der Waals surface area contributed by atoms with Crippen LogP contribution < -0.4 is 5.32 Å². The van der Waals surface area contributed by atoms with Crippen molar-refractivity contribution in [3.63, 3.8) is 0 Å². The van der Waals surface area contributed by atoms with Gasteiger partial charge in [-0.1, -0.05) is 30.2 Å². The maximum absolute atomic E-state index is 11.8. The third-order valence-corrected chi connectivity index (χ3v) is 3.66. The number of hydrogen-bond acceptors (Lipinski definition) is 3. The Hall–Kier alpha value is -1.16. The summed E-state index contributed by atoms with van der Waals surface area (Å²) >= 11 is 0. The van der Waals surface area contributed by atoms with Gasteiger partial charge in [0, 0.05) is 20.4 Å². The summed E-state index contributed by atoms with van der Waals surface area (Å²) < 4.78 is 26.8. The summed E-state index contributed by atoms with van der Waals surface area (Å²) in [6.45, 7) is 5.77. The van der Waals surface area contributed by atoms with Crippen LogP contribution in [0.5, 0.6) is 0 Å². The molecule has 1 aromatic carbocycles. The monoisotopic (exact) mass is 387 g/mol. The van der Waals surface area contributed by atoms with Gasteiger partial charge in [-0.15, -0.1) is 6.58 Å². The fourth-order valence-corrected chi connectivity index (χ4v) is 2.21. The quantitative estimate of drug-likeness (QED) is 0.463. The van der Waals surface area contributed by atoms with E-state index in [0.717, 1.165) is 12.0 Å². The van der Waals surface area contributed by atoms with Crippen molar-refractivity contribution < 1.29 is 33.6 Å². The molecule has 0 saturated carbocycles. The van der Waals surface area contributed by atoms with Crippen LogP contribution in [0.15, 0.2) is 41.8 Å². The summed E-state index contributed by atoms with van der Waals surface area (Å²) in [6, 6.07) is 5.33. The molecule has 0 saturated heterocycles. The summed E-state index contributed by atoms with van der Waals surface area (Å²) in [5, 5.41) is 2.42. The second-order valence-corrected chi connectivity index (χ2v) is 5.65. The van der Waals surface area contributed by atoms with Gasteiger partial charge < -0.3 is 10.0 Å². The molecule has 5 nitrogen and oxygen atoms in total. The average molecular weight is 388 g/mol. The number of aryl methyl sites for hydroxylation is 1. The van der Waals surface area contributed by atoms with Crippen LogP contribution in [-0.4, -0.2) is 21.0 Å². The molecule has 1 rings (SSSR count). The van der Waals surface area contributed by atoms with E-state index in [2.05, 4.69) is 16.6 Å². The van der Waals surface area contributed by atoms with Gasteiger partial charge in [-0.2, -0.15) is 0 Å². The van der Waals surface area contributed by atoms with Crippen molar-refractivity contribution in [2.75, 3.05) is 6.54 Å². The van der Waals surface area contributed by atoms with Crippen molar-refractivity contribution >= 4 is 16.1 Å². The molecule has 20 heavy (non-hydrogen) atoms. The Kier molecular flexibility index (Phi) is 8.39. The molecule has 1 N–H and O–H groups in total.